The van der Waals surface area contributed by atoms with E-state index in [2.05, 4.69) is 25.3 Å². The lowest BCUT2D eigenvalue weighted by Gasteiger charge is -2.21. The Morgan fingerprint density at radius 3 is 2.77 bits per heavy atom. The van der Waals surface area contributed by atoms with E-state index >= 15 is 0 Å². The van der Waals surface area contributed by atoms with Crippen molar-refractivity contribution in [3.8, 4) is 0 Å². The first kappa shape index (κ1) is 16.5. The van der Waals surface area contributed by atoms with E-state index in [4.69, 9.17) is 0 Å². The van der Waals surface area contributed by atoms with E-state index < -0.39 is 0 Å². The lowest BCUT2D eigenvalue weighted by Crippen LogP contribution is -2.20. The molecule has 0 bridgehead atoms. The molecule has 0 radical (unpaired) electrons. The predicted molar refractivity (Wildman–Crippen MR) is 103 cm³/mol. The minimum atomic E-state index is -0.119. The van der Waals surface area contributed by atoms with Gasteiger partial charge >= 0.3 is 0 Å². The van der Waals surface area contributed by atoms with Crippen LogP contribution in [0.1, 0.15) is 29.9 Å². The Balaban J connectivity index is 1.65. The van der Waals surface area contributed by atoms with Gasteiger partial charge in [0, 0.05) is 19.7 Å². The maximum atomic E-state index is 12.2. The van der Waals surface area contributed by atoms with Gasteiger partial charge in [0.1, 0.15) is 11.6 Å². The number of rotatable bonds is 4. The van der Waals surface area contributed by atoms with Crippen molar-refractivity contribution in [2.75, 3.05) is 24.3 Å². The molecule has 2 heterocycles. The summed E-state index contributed by atoms with van der Waals surface area (Å²) in [6.07, 6.45) is 4.28. The molecule has 3 aromatic rings. The monoisotopic (exact) mass is 350 g/mol. The summed E-state index contributed by atoms with van der Waals surface area (Å²) < 4.78 is 0. The molecule has 1 aliphatic carbocycles. The molecule has 26 heavy (non-hydrogen) atoms. The van der Waals surface area contributed by atoms with Crippen molar-refractivity contribution in [1.29, 1.82) is 0 Å². The number of fused-ring (bicyclic) bond motifs is 2. The standard InChI is InChI=1S/C19H22N6O/c1-25(2)19-22-14-9-5-3-7-12(14)17(24-19)20-11-16-21-15-10-6-4-8-13(15)18(26)23-16/h4,6,8,10H,3,5,7,9,11H2,1-2H3,(H,20,22,24)(H,21,23,26). The van der Waals surface area contributed by atoms with E-state index in [-0.39, 0.29) is 5.56 Å². The highest BCUT2D eigenvalue weighted by molar-refractivity contribution is 5.77. The van der Waals surface area contributed by atoms with Gasteiger partial charge in [-0.25, -0.2) is 9.97 Å². The number of aromatic amines is 1. The SMILES string of the molecule is CN(C)c1nc2c(c(NCc3nc4ccccc4c(=O)[nH]3)n1)CCCC2. The molecule has 0 aliphatic heterocycles. The van der Waals surface area contributed by atoms with Crippen LogP contribution in [0.3, 0.4) is 0 Å². The second-order valence-electron chi connectivity index (χ2n) is 6.78. The van der Waals surface area contributed by atoms with Crippen LogP contribution in [0.15, 0.2) is 29.1 Å². The molecule has 0 saturated carbocycles. The van der Waals surface area contributed by atoms with Crippen molar-refractivity contribution in [3.63, 3.8) is 0 Å². The second kappa shape index (κ2) is 6.74. The van der Waals surface area contributed by atoms with Crippen molar-refractivity contribution in [1.82, 2.24) is 19.9 Å². The van der Waals surface area contributed by atoms with E-state index in [1.54, 1.807) is 6.07 Å². The number of nitrogens with zero attached hydrogens (tertiary/aromatic N) is 4. The third-order valence-corrected chi connectivity index (χ3v) is 4.66. The minimum absolute atomic E-state index is 0.119. The normalized spacial score (nSPS) is 13.5. The molecule has 1 aliphatic rings. The van der Waals surface area contributed by atoms with Crippen molar-refractivity contribution < 1.29 is 0 Å². The number of H-pyrrole nitrogens is 1. The highest BCUT2D eigenvalue weighted by Gasteiger charge is 2.18. The molecule has 2 N–H and O–H groups in total. The predicted octanol–water partition coefficient (Wildman–Crippen LogP) is 2.27. The molecule has 0 amide bonds. The summed E-state index contributed by atoms with van der Waals surface area (Å²) in [4.78, 5) is 30.9. The number of nitrogens with one attached hydrogen (secondary N) is 2. The van der Waals surface area contributed by atoms with Crippen LogP contribution in [0.2, 0.25) is 0 Å². The smallest absolute Gasteiger partial charge is 0.258 e. The maximum Gasteiger partial charge on any atom is 0.258 e. The highest BCUT2D eigenvalue weighted by Crippen LogP contribution is 2.27. The van der Waals surface area contributed by atoms with Crippen LogP contribution in [0.5, 0.6) is 0 Å². The van der Waals surface area contributed by atoms with Crippen LogP contribution in [0.4, 0.5) is 11.8 Å². The Kier molecular flexibility index (Phi) is 4.28. The summed E-state index contributed by atoms with van der Waals surface area (Å²) in [5.74, 6) is 2.14. The van der Waals surface area contributed by atoms with Crippen molar-refractivity contribution >= 4 is 22.7 Å². The Hall–Kier alpha value is -2.96. The fraction of sp³-hybridized carbons (Fsp3) is 0.368. The van der Waals surface area contributed by atoms with Gasteiger partial charge in [-0.05, 0) is 37.8 Å². The van der Waals surface area contributed by atoms with Crippen LogP contribution < -0.4 is 15.8 Å². The van der Waals surface area contributed by atoms with Gasteiger partial charge < -0.3 is 15.2 Å². The number of para-hydroxylation sites is 1. The molecule has 0 saturated heterocycles. The Labute approximate surface area is 151 Å². The first-order chi connectivity index (χ1) is 12.6. The number of hydrogen-bond donors (Lipinski definition) is 2. The number of anilines is 2. The second-order valence-corrected chi connectivity index (χ2v) is 6.78. The van der Waals surface area contributed by atoms with Gasteiger partial charge in [0.15, 0.2) is 0 Å². The largest absolute Gasteiger partial charge is 0.362 e. The summed E-state index contributed by atoms with van der Waals surface area (Å²) in [5, 5.41) is 3.97. The lowest BCUT2D eigenvalue weighted by atomic mass is 9.96. The molecule has 7 nitrogen and oxygen atoms in total. The van der Waals surface area contributed by atoms with Crippen molar-refractivity contribution in [3.05, 3.63) is 51.7 Å². The van der Waals surface area contributed by atoms with Gasteiger partial charge in [0.05, 0.1) is 23.1 Å². The molecule has 0 spiro atoms. The Morgan fingerprint density at radius 1 is 1.12 bits per heavy atom. The average Bonchev–Trinajstić information content (AvgIpc) is 2.66. The molecule has 134 valence electrons. The van der Waals surface area contributed by atoms with Crippen molar-refractivity contribution in [2.24, 2.45) is 0 Å². The number of aryl methyl sites for hydroxylation is 1. The summed E-state index contributed by atoms with van der Waals surface area (Å²) in [5.41, 5.74) is 2.89. The molecule has 1 aromatic carbocycles. The fourth-order valence-corrected chi connectivity index (χ4v) is 3.31. The number of hydrogen-bond acceptors (Lipinski definition) is 6. The van der Waals surface area contributed by atoms with Gasteiger partial charge in [-0.2, -0.15) is 4.98 Å². The molecular formula is C19H22N6O. The Morgan fingerprint density at radius 2 is 1.92 bits per heavy atom. The van der Waals surface area contributed by atoms with Crippen LogP contribution in [-0.4, -0.2) is 34.0 Å². The highest BCUT2D eigenvalue weighted by atomic mass is 16.1. The van der Waals surface area contributed by atoms with Crippen LogP contribution in [0, 0.1) is 0 Å². The zero-order valence-electron chi connectivity index (χ0n) is 15.0. The van der Waals surface area contributed by atoms with E-state index in [0.717, 1.165) is 37.2 Å². The van der Waals surface area contributed by atoms with E-state index in [1.165, 1.54) is 5.56 Å². The van der Waals surface area contributed by atoms with Gasteiger partial charge in [-0.1, -0.05) is 12.1 Å². The van der Waals surface area contributed by atoms with E-state index in [1.807, 2.05) is 37.2 Å². The number of benzene rings is 1. The van der Waals surface area contributed by atoms with Gasteiger partial charge in [0.2, 0.25) is 5.95 Å². The first-order valence-electron chi connectivity index (χ1n) is 8.91. The molecule has 0 fully saturated rings. The van der Waals surface area contributed by atoms with Crippen LogP contribution in [0.25, 0.3) is 10.9 Å². The van der Waals surface area contributed by atoms with Gasteiger partial charge in [-0.3, -0.25) is 4.79 Å². The van der Waals surface area contributed by atoms with E-state index in [9.17, 15) is 4.79 Å². The number of aromatic nitrogens is 4. The van der Waals surface area contributed by atoms with Gasteiger partial charge in [-0.15, -0.1) is 0 Å². The summed E-state index contributed by atoms with van der Waals surface area (Å²) in [6.45, 7) is 0.413. The average molecular weight is 350 g/mol. The van der Waals surface area contributed by atoms with Crippen LogP contribution in [-0.2, 0) is 19.4 Å². The zero-order valence-corrected chi connectivity index (χ0v) is 15.0. The van der Waals surface area contributed by atoms with Crippen molar-refractivity contribution in [2.45, 2.75) is 32.2 Å². The topological polar surface area (TPSA) is 86.8 Å². The molecule has 0 atom stereocenters. The molecule has 2 aromatic heterocycles. The fourth-order valence-electron chi connectivity index (χ4n) is 3.31. The maximum absolute atomic E-state index is 12.2. The van der Waals surface area contributed by atoms with E-state index in [0.29, 0.717) is 29.2 Å². The minimum Gasteiger partial charge on any atom is -0.362 e. The van der Waals surface area contributed by atoms with Crippen LogP contribution >= 0.6 is 0 Å². The molecule has 0 unspecified atom stereocenters. The summed E-state index contributed by atoms with van der Waals surface area (Å²) >= 11 is 0. The third kappa shape index (κ3) is 3.12. The lowest BCUT2D eigenvalue weighted by molar-refractivity contribution is 0.662. The third-order valence-electron chi connectivity index (χ3n) is 4.66. The zero-order chi connectivity index (χ0) is 18.1. The molecule has 4 rings (SSSR count). The quantitative estimate of drug-likeness (QED) is 0.751. The first-order valence-corrected chi connectivity index (χ1v) is 8.91. The molecule has 7 heteroatoms. The Bertz CT molecular complexity index is 1010. The molecular weight excluding hydrogens is 328 g/mol. The summed E-state index contributed by atoms with van der Waals surface area (Å²) in [6, 6.07) is 7.36. The summed E-state index contributed by atoms with van der Waals surface area (Å²) in [7, 11) is 3.88. The van der Waals surface area contributed by atoms with Gasteiger partial charge in [0.25, 0.3) is 5.56 Å².